The van der Waals surface area contributed by atoms with Crippen LogP contribution in [0.15, 0.2) is 0 Å². The van der Waals surface area contributed by atoms with Gasteiger partial charge in [-0.3, -0.25) is 0 Å². The normalized spacial score (nSPS) is 25.6. The lowest BCUT2D eigenvalue weighted by atomic mass is 10.1. The fraction of sp³-hybridized carbons (Fsp3) is 1.00. The topological polar surface area (TPSA) is 15.3 Å². The van der Waals surface area contributed by atoms with Crippen molar-refractivity contribution in [2.24, 2.45) is 5.92 Å². The summed E-state index contributed by atoms with van der Waals surface area (Å²) in [5, 5.41) is 3.62. The summed E-state index contributed by atoms with van der Waals surface area (Å²) in [4.78, 5) is 2.70. The number of rotatable bonds is 4. The Kier molecular flexibility index (Phi) is 5.94. The van der Waals surface area contributed by atoms with E-state index in [2.05, 4.69) is 44.8 Å². The summed E-state index contributed by atoms with van der Waals surface area (Å²) in [5.74, 6) is 0.745. The van der Waals surface area contributed by atoms with Crippen molar-refractivity contribution < 1.29 is 0 Å². The summed E-state index contributed by atoms with van der Waals surface area (Å²) in [6.07, 6.45) is 5.63. The van der Waals surface area contributed by atoms with Crippen LogP contribution >= 0.6 is 0 Å². The quantitative estimate of drug-likeness (QED) is 0.811. The molecule has 0 aromatic carbocycles. The Bertz CT molecular complexity index is 207. The standard InChI is InChI=1S/C15H32N2/c1-13(11-16-15(3,4)5)12-17-10-8-6-7-9-14(17)2/h13-14,16H,6-12H2,1-5H3. The van der Waals surface area contributed by atoms with E-state index < -0.39 is 0 Å². The number of hydrogen-bond donors (Lipinski definition) is 1. The maximum absolute atomic E-state index is 3.62. The molecule has 0 amide bonds. The molecule has 0 spiro atoms. The van der Waals surface area contributed by atoms with E-state index in [1.54, 1.807) is 0 Å². The van der Waals surface area contributed by atoms with E-state index in [9.17, 15) is 0 Å². The lowest BCUT2D eigenvalue weighted by molar-refractivity contribution is 0.180. The molecule has 0 bridgehead atoms. The van der Waals surface area contributed by atoms with Crippen molar-refractivity contribution in [3.05, 3.63) is 0 Å². The smallest absolute Gasteiger partial charge is 0.00966 e. The molecule has 0 aromatic heterocycles. The minimum atomic E-state index is 0.249. The molecule has 17 heavy (non-hydrogen) atoms. The van der Waals surface area contributed by atoms with Crippen molar-refractivity contribution in [2.45, 2.75) is 71.9 Å². The average Bonchev–Trinajstić information content (AvgIpc) is 2.41. The minimum absolute atomic E-state index is 0.249. The second-order valence-electron chi connectivity index (χ2n) is 6.93. The highest BCUT2D eigenvalue weighted by Crippen LogP contribution is 2.17. The first-order valence-electron chi connectivity index (χ1n) is 7.37. The Balaban J connectivity index is 2.30. The van der Waals surface area contributed by atoms with Gasteiger partial charge in [0.25, 0.3) is 0 Å². The molecule has 1 aliphatic rings. The summed E-state index contributed by atoms with van der Waals surface area (Å²) in [7, 11) is 0. The van der Waals surface area contributed by atoms with Gasteiger partial charge in [0.2, 0.25) is 0 Å². The zero-order valence-corrected chi connectivity index (χ0v) is 12.6. The maximum Gasteiger partial charge on any atom is 0.00966 e. The van der Waals surface area contributed by atoms with E-state index in [1.165, 1.54) is 38.8 Å². The summed E-state index contributed by atoms with van der Waals surface area (Å²) < 4.78 is 0. The zero-order valence-electron chi connectivity index (χ0n) is 12.6. The third-order valence-corrected chi connectivity index (χ3v) is 3.72. The van der Waals surface area contributed by atoms with Crippen molar-refractivity contribution in [3.63, 3.8) is 0 Å². The van der Waals surface area contributed by atoms with Gasteiger partial charge in [-0.25, -0.2) is 0 Å². The molecule has 2 unspecified atom stereocenters. The molecule has 1 N–H and O–H groups in total. The van der Waals surface area contributed by atoms with Crippen molar-refractivity contribution >= 4 is 0 Å². The molecule has 1 saturated heterocycles. The third-order valence-electron chi connectivity index (χ3n) is 3.72. The Labute approximate surface area is 108 Å². The van der Waals surface area contributed by atoms with Crippen LogP contribution in [-0.4, -0.2) is 36.1 Å². The summed E-state index contributed by atoms with van der Waals surface area (Å²) in [5.41, 5.74) is 0.249. The largest absolute Gasteiger partial charge is 0.312 e. The number of nitrogens with one attached hydrogen (secondary N) is 1. The fourth-order valence-electron chi connectivity index (χ4n) is 2.55. The SMILES string of the molecule is CC(CNC(C)(C)C)CN1CCCCCC1C. The van der Waals surface area contributed by atoms with E-state index in [4.69, 9.17) is 0 Å². The second kappa shape index (κ2) is 6.75. The first kappa shape index (κ1) is 15.0. The van der Waals surface area contributed by atoms with Crippen LogP contribution in [0.25, 0.3) is 0 Å². The summed E-state index contributed by atoms with van der Waals surface area (Å²) in [6.45, 7) is 15.2. The lowest BCUT2D eigenvalue weighted by Crippen LogP contribution is -2.43. The molecule has 0 aliphatic carbocycles. The van der Waals surface area contributed by atoms with E-state index in [-0.39, 0.29) is 5.54 Å². The van der Waals surface area contributed by atoms with E-state index in [0.717, 1.165) is 18.5 Å². The van der Waals surface area contributed by atoms with Crippen LogP contribution in [0.1, 0.15) is 60.3 Å². The van der Waals surface area contributed by atoms with Crippen LogP contribution in [-0.2, 0) is 0 Å². The highest BCUT2D eigenvalue weighted by Gasteiger charge is 2.19. The van der Waals surface area contributed by atoms with Crippen molar-refractivity contribution in [3.8, 4) is 0 Å². The van der Waals surface area contributed by atoms with Gasteiger partial charge in [0, 0.05) is 18.1 Å². The van der Waals surface area contributed by atoms with Crippen LogP contribution in [0, 0.1) is 5.92 Å². The number of hydrogen-bond acceptors (Lipinski definition) is 2. The van der Waals surface area contributed by atoms with Gasteiger partial charge in [-0.05, 0) is 59.5 Å². The molecule has 2 atom stereocenters. The minimum Gasteiger partial charge on any atom is -0.312 e. The van der Waals surface area contributed by atoms with Gasteiger partial charge in [-0.1, -0.05) is 19.8 Å². The number of likely N-dealkylation sites (tertiary alicyclic amines) is 1. The van der Waals surface area contributed by atoms with E-state index in [0.29, 0.717) is 0 Å². The molecule has 1 rings (SSSR count). The Morgan fingerprint density at radius 3 is 2.59 bits per heavy atom. The molecule has 1 fully saturated rings. The molecule has 0 saturated carbocycles. The van der Waals surface area contributed by atoms with Crippen LogP contribution in [0.4, 0.5) is 0 Å². The average molecular weight is 240 g/mol. The summed E-state index contributed by atoms with van der Waals surface area (Å²) in [6, 6.07) is 0.787. The molecule has 0 aromatic rings. The maximum atomic E-state index is 3.62. The highest BCUT2D eigenvalue weighted by molar-refractivity contribution is 4.76. The number of nitrogens with zero attached hydrogens (tertiary/aromatic N) is 1. The lowest BCUT2D eigenvalue weighted by Gasteiger charge is -2.31. The summed E-state index contributed by atoms with van der Waals surface area (Å²) >= 11 is 0. The van der Waals surface area contributed by atoms with Crippen LogP contribution in [0.2, 0.25) is 0 Å². The molecular weight excluding hydrogens is 208 g/mol. The first-order chi connectivity index (χ1) is 7.88. The van der Waals surface area contributed by atoms with Crippen molar-refractivity contribution in [1.82, 2.24) is 10.2 Å². The van der Waals surface area contributed by atoms with Gasteiger partial charge in [0.1, 0.15) is 0 Å². The molecule has 1 heterocycles. The Hall–Kier alpha value is -0.0800. The van der Waals surface area contributed by atoms with Crippen LogP contribution in [0.3, 0.4) is 0 Å². The third kappa shape index (κ3) is 6.42. The predicted octanol–water partition coefficient (Wildman–Crippen LogP) is 3.28. The molecule has 102 valence electrons. The molecule has 2 nitrogen and oxygen atoms in total. The van der Waals surface area contributed by atoms with Gasteiger partial charge in [0.15, 0.2) is 0 Å². The fourth-order valence-corrected chi connectivity index (χ4v) is 2.55. The van der Waals surface area contributed by atoms with E-state index in [1.807, 2.05) is 0 Å². The molecule has 0 radical (unpaired) electrons. The highest BCUT2D eigenvalue weighted by atomic mass is 15.2. The molecule has 2 heteroatoms. The van der Waals surface area contributed by atoms with Crippen LogP contribution < -0.4 is 5.32 Å². The Morgan fingerprint density at radius 1 is 1.24 bits per heavy atom. The monoisotopic (exact) mass is 240 g/mol. The first-order valence-corrected chi connectivity index (χ1v) is 7.37. The predicted molar refractivity (Wildman–Crippen MR) is 76.4 cm³/mol. The van der Waals surface area contributed by atoms with Crippen molar-refractivity contribution in [1.29, 1.82) is 0 Å². The Morgan fingerprint density at radius 2 is 1.94 bits per heavy atom. The zero-order chi connectivity index (χ0) is 12.9. The molecule has 1 aliphatic heterocycles. The second-order valence-corrected chi connectivity index (χ2v) is 6.93. The van der Waals surface area contributed by atoms with Crippen LogP contribution in [0.5, 0.6) is 0 Å². The van der Waals surface area contributed by atoms with Gasteiger partial charge in [0.05, 0.1) is 0 Å². The van der Waals surface area contributed by atoms with E-state index >= 15 is 0 Å². The van der Waals surface area contributed by atoms with Gasteiger partial charge >= 0.3 is 0 Å². The van der Waals surface area contributed by atoms with Gasteiger partial charge in [-0.2, -0.15) is 0 Å². The van der Waals surface area contributed by atoms with Gasteiger partial charge < -0.3 is 10.2 Å². The molecular formula is C15H32N2. The van der Waals surface area contributed by atoms with Gasteiger partial charge in [-0.15, -0.1) is 0 Å². The van der Waals surface area contributed by atoms with Crippen molar-refractivity contribution in [2.75, 3.05) is 19.6 Å².